The lowest BCUT2D eigenvalue weighted by atomic mass is 10.1. The minimum atomic E-state index is -4.39. The Balaban J connectivity index is 2.28. The highest BCUT2D eigenvalue weighted by Gasteiger charge is 2.30. The zero-order valence-corrected chi connectivity index (χ0v) is 13.3. The van der Waals surface area contributed by atoms with E-state index in [1.165, 1.54) is 17.8 Å². The third-order valence-electron chi connectivity index (χ3n) is 2.70. The van der Waals surface area contributed by atoms with Crippen LogP contribution < -0.4 is 0 Å². The highest BCUT2D eigenvalue weighted by Crippen LogP contribution is 2.35. The summed E-state index contributed by atoms with van der Waals surface area (Å²) in [5.74, 6) is 0. The lowest BCUT2D eigenvalue weighted by Gasteiger charge is -2.12. The first-order chi connectivity index (χ1) is 9.77. The highest BCUT2D eigenvalue weighted by molar-refractivity contribution is 9.10. The van der Waals surface area contributed by atoms with Crippen LogP contribution in [-0.4, -0.2) is 10.1 Å². The van der Waals surface area contributed by atoms with Crippen LogP contribution in [0.25, 0.3) is 0 Å². The number of halogens is 4. The number of benzene rings is 1. The molecule has 0 saturated heterocycles. The molecule has 112 valence electrons. The zero-order valence-electron chi connectivity index (χ0n) is 10.9. The van der Waals surface area contributed by atoms with Gasteiger partial charge in [0.1, 0.15) is 5.03 Å². The predicted molar refractivity (Wildman–Crippen MR) is 78.1 cm³/mol. The fourth-order valence-electron chi connectivity index (χ4n) is 1.66. The Morgan fingerprint density at radius 3 is 2.48 bits per heavy atom. The van der Waals surface area contributed by atoms with Crippen LogP contribution in [0.3, 0.4) is 0 Å². The molecular weight excluding hydrogens is 367 g/mol. The van der Waals surface area contributed by atoms with Crippen LogP contribution in [0.4, 0.5) is 13.2 Å². The predicted octanol–water partition coefficient (Wildman–Crippen LogP) is 5.07. The maximum Gasteiger partial charge on any atom is 0.417 e. The van der Waals surface area contributed by atoms with Gasteiger partial charge in [-0.3, -0.25) is 0 Å². The number of nitrogens with zero attached hydrogens (tertiary/aromatic N) is 1. The molecule has 2 rings (SSSR count). The summed E-state index contributed by atoms with van der Waals surface area (Å²) in [6, 6.07) is 7.68. The number of alkyl halides is 3. The molecule has 7 heteroatoms. The second-order valence-electron chi connectivity index (χ2n) is 4.34. The summed E-state index contributed by atoms with van der Waals surface area (Å²) in [6.45, 7) is 1.63. The average molecular weight is 378 g/mol. The smallest absolute Gasteiger partial charge is 0.389 e. The van der Waals surface area contributed by atoms with Crippen LogP contribution in [0, 0.1) is 0 Å². The fourth-order valence-corrected chi connectivity index (χ4v) is 3.18. The topological polar surface area (TPSA) is 33.1 Å². The molecule has 1 heterocycles. The van der Waals surface area contributed by atoms with Gasteiger partial charge in [0, 0.05) is 15.6 Å². The number of rotatable bonds is 3. The van der Waals surface area contributed by atoms with E-state index in [1.54, 1.807) is 25.1 Å². The van der Waals surface area contributed by atoms with Gasteiger partial charge in [0.2, 0.25) is 0 Å². The quantitative estimate of drug-likeness (QED) is 0.810. The fraction of sp³-hybridized carbons (Fsp3) is 0.214. The molecule has 0 fully saturated rings. The van der Waals surface area contributed by atoms with E-state index in [2.05, 4.69) is 20.9 Å². The van der Waals surface area contributed by atoms with Gasteiger partial charge in [-0.1, -0.05) is 33.8 Å². The molecule has 1 N–H and O–H groups in total. The third-order valence-corrected chi connectivity index (χ3v) is 4.22. The third kappa shape index (κ3) is 4.21. The van der Waals surface area contributed by atoms with Crippen LogP contribution >= 0.6 is 27.7 Å². The van der Waals surface area contributed by atoms with Crippen molar-refractivity contribution in [2.24, 2.45) is 0 Å². The van der Waals surface area contributed by atoms with E-state index in [-0.39, 0.29) is 0 Å². The number of aliphatic hydroxyl groups excluding tert-OH is 1. The van der Waals surface area contributed by atoms with E-state index in [9.17, 15) is 18.3 Å². The van der Waals surface area contributed by atoms with Crippen molar-refractivity contribution in [1.82, 2.24) is 4.98 Å². The lowest BCUT2D eigenvalue weighted by Crippen LogP contribution is -2.05. The number of hydrogen-bond donors (Lipinski definition) is 1. The molecule has 0 radical (unpaired) electrons. The standard InChI is InChI=1S/C14H11BrF3NOS/c1-8(20)11-4-3-10(15)6-12(11)21-13-5-2-9(7-19-13)14(16,17)18/h2-8,20H,1H3. The van der Waals surface area contributed by atoms with Crippen LogP contribution in [0.15, 0.2) is 50.9 Å². The Bertz CT molecular complexity index is 629. The first-order valence-corrected chi connectivity index (χ1v) is 7.57. The first kappa shape index (κ1) is 16.3. The van der Waals surface area contributed by atoms with E-state index in [4.69, 9.17) is 0 Å². The first-order valence-electron chi connectivity index (χ1n) is 5.96. The summed E-state index contributed by atoms with van der Waals surface area (Å²) < 4.78 is 38.3. The summed E-state index contributed by atoms with van der Waals surface area (Å²) >= 11 is 4.54. The van der Waals surface area contributed by atoms with E-state index < -0.39 is 17.8 Å². The Hall–Kier alpha value is -1.05. The monoisotopic (exact) mass is 377 g/mol. The van der Waals surface area contributed by atoms with Crippen molar-refractivity contribution in [3.05, 3.63) is 52.1 Å². The molecule has 0 saturated carbocycles. The normalized spacial score (nSPS) is 13.2. The summed E-state index contributed by atoms with van der Waals surface area (Å²) in [7, 11) is 0. The average Bonchev–Trinajstić information content (AvgIpc) is 2.38. The Labute approximate surface area is 132 Å². The van der Waals surface area contributed by atoms with Gasteiger partial charge in [-0.15, -0.1) is 0 Å². The summed E-state index contributed by atoms with van der Waals surface area (Å²) in [5.41, 5.74) is -0.0817. The molecule has 0 amide bonds. The van der Waals surface area contributed by atoms with Crippen LogP contribution in [0.2, 0.25) is 0 Å². The maximum absolute atomic E-state index is 12.5. The second-order valence-corrected chi connectivity index (χ2v) is 6.32. The van der Waals surface area contributed by atoms with Gasteiger partial charge in [-0.2, -0.15) is 13.2 Å². The van der Waals surface area contributed by atoms with Crippen molar-refractivity contribution in [2.45, 2.75) is 29.1 Å². The van der Waals surface area contributed by atoms with Crippen LogP contribution in [0.1, 0.15) is 24.2 Å². The van der Waals surface area contributed by atoms with Crippen molar-refractivity contribution < 1.29 is 18.3 Å². The van der Waals surface area contributed by atoms with Gasteiger partial charge >= 0.3 is 6.18 Å². The molecular formula is C14H11BrF3NOS. The molecule has 0 aliphatic carbocycles. The van der Waals surface area contributed by atoms with E-state index in [1.807, 2.05) is 0 Å². The minimum Gasteiger partial charge on any atom is -0.389 e. The number of aliphatic hydroxyl groups is 1. The largest absolute Gasteiger partial charge is 0.417 e. The molecule has 1 atom stereocenters. The van der Waals surface area contributed by atoms with Crippen molar-refractivity contribution >= 4 is 27.7 Å². The van der Waals surface area contributed by atoms with Crippen LogP contribution in [0.5, 0.6) is 0 Å². The molecule has 1 aromatic carbocycles. The summed E-state index contributed by atoms with van der Waals surface area (Å²) in [4.78, 5) is 4.56. The molecule has 1 aromatic heterocycles. The van der Waals surface area contributed by atoms with Gasteiger partial charge in [0.15, 0.2) is 0 Å². The molecule has 1 unspecified atom stereocenters. The molecule has 0 bridgehead atoms. The minimum absolute atomic E-state index is 0.433. The van der Waals surface area contributed by atoms with Crippen molar-refractivity contribution in [1.29, 1.82) is 0 Å². The van der Waals surface area contributed by atoms with Crippen LogP contribution in [-0.2, 0) is 6.18 Å². The van der Waals surface area contributed by atoms with E-state index in [0.717, 1.165) is 21.6 Å². The lowest BCUT2D eigenvalue weighted by molar-refractivity contribution is -0.137. The number of aromatic nitrogens is 1. The number of pyridine rings is 1. The van der Waals surface area contributed by atoms with Crippen molar-refractivity contribution in [3.63, 3.8) is 0 Å². The number of hydrogen-bond acceptors (Lipinski definition) is 3. The van der Waals surface area contributed by atoms with Gasteiger partial charge in [0.25, 0.3) is 0 Å². The Kier molecular flexibility index (Phi) is 4.95. The van der Waals surface area contributed by atoms with Crippen molar-refractivity contribution in [2.75, 3.05) is 0 Å². The highest BCUT2D eigenvalue weighted by atomic mass is 79.9. The molecule has 2 nitrogen and oxygen atoms in total. The van der Waals surface area contributed by atoms with Gasteiger partial charge in [0.05, 0.1) is 11.7 Å². The van der Waals surface area contributed by atoms with Crippen molar-refractivity contribution in [3.8, 4) is 0 Å². The molecule has 2 aromatic rings. The van der Waals surface area contributed by atoms with Gasteiger partial charge < -0.3 is 5.11 Å². The van der Waals surface area contributed by atoms with E-state index >= 15 is 0 Å². The second kappa shape index (κ2) is 6.37. The molecule has 0 aliphatic rings. The zero-order chi connectivity index (χ0) is 15.6. The van der Waals surface area contributed by atoms with Gasteiger partial charge in [-0.25, -0.2) is 4.98 Å². The maximum atomic E-state index is 12.5. The van der Waals surface area contributed by atoms with Gasteiger partial charge in [-0.05, 0) is 36.8 Å². The Morgan fingerprint density at radius 1 is 1.24 bits per heavy atom. The molecule has 0 spiro atoms. The SMILES string of the molecule is CC(O)c1ccc(Br)cc1Sc1ccc(C(F)(F)F)cn1. The molecule has 0 aliphatic heterocycles. The Morgan fingerprint density at radius 2 is 1.95 bits per heavy atom. The molecule has 21 heavy (non-hydrogen) atoms. The van der Waals surface area contributed by atoms with E-state index in [0.29, 0.717) is 10.6 Å². The summed E-state index contributed by atoms with van der Waals surface area (Å²) in [5, 5.41) is 10.2. The summed E-state index contributed by atoms with van der Waals surface area (Å²) in [6.07, 6.45) is -4.26.